The summed E-state index contributed by atoms with van der Waals surface area (Å²) < 4.78 is 41.3. The summed E-state index contributed by atoms with van der Waals surface area (Å²) in [7, 11) is 0. The first-order valence-corrected chi connectivity index (χ1v) is 7.25. The van der Waals surface area contributed by atoms with E-state index in [1.807, 2.05) is 0 Å². The monoisotopic (exact) mass is 314 g/mol. The molecule has 1 aromatic carbocycles. The van der Waals surface area contributed by atoms with Gasteiger partial charge in [0.25, 0.3) is 5.91 Å². The maximum absolute atomic E-state index is 12.5. The molecule has 4 nitrogen and oxygen atoms in total. The van der Waals surface area contributed by atoms with Crippen LogP contribution in [0.2, 0.25) is 0 Å². The number of halogens is 3. The van der Waals surface area contributed by atoms with Crippen LogP contribution < -0.4 is 10.5 Å². The second-order valence-corrected chi connectivity index (χ2v) is 5.92. The van der Waals surface area contributed by atoms with Crippen molar-refractivity contribution in [2.24, 2.45) is 17.6 Å². The van der Waals surface area contributed by atoms with E-state index in [-0.39, 0.29) is 17.5 Å². The Balaban J connectivity index is 1.79. The van der Waals surface area contributed by atoms with Crippen LogP contribution in [0.1, 0.15) is 23.2 Å². The molecular formula is C15H17F3N2O2. The zero-order valence-corrected chi connectivity index (χ0v) is 11.8. The average molecular weight is 314 g/mol. The number of hydrogen-bond acceptors (Lipinski definition) is 3. The van der Waals surface area contributed by atoms with Gasteiger partial charge in [-0.25, -0.2) is 0 Å². The lowest BCUT2D eigenvalue weighted by atomic mass is 9.98. The van der Waals surface area contributed by atoms with E-state index in [0.29, 0.717) is 19.0 Å². The number of alkyl halides is 3. The molecule has 1 aliphatic heterocycles. The molecule has 2 fully saturated rings. The second kappa shape index (κ2) is 5.46. The van der Waals surface area contributed by atoms with Gasteiger partial charge in [0.2, 0.25) is 0 Å². The average Bonchev–Trinajstić information content (AvgIpc) is 3.00. The first-order chi connectivity index (χ1) is 10.3. The summed E-state index contributed by atoms with van der Waals surface area (Å²) >= 11 is 0. The van der Waals surface area contributed by atoms with Gasteiger partial charge < -0.3 is 15.4 Å². The minimum atomic E-state index is -4.82. The third-order valence-corrected chi connectivity index (χ3v) is 4.54. The minimum Gasteiger partial charge on any atom is -0.405 e. The van der Waals surface area contributed by atoms with E-state index in [1.165, 1.54) is 18.2 Å². The van der Waals surface area contributed by atoms with E-state index in [9.17, 15) is 18.0 Å². The normalized spacial score (nSPS) is 27.8. The lowest BCUT2D eigenvalue weighted by molar-refractivity contribution is -0.274. The first-order valence-electron chi connectivity index (χ1n) is 7.25. The number of benzene rings is 1. The number of amides is 1. The zero-order chi connectivity index (χ0) is 15.9. The topological polar surface area (TPSA) is 55.6 Å². The van der Waals surface area contributed by atoms with Gasteiger partial charge in [0.05, 0.1) is 5.56 Å². The van der Waals surface area contributed by atoms with E-state index in [2.05, 4.69) is 4.74 Å². The summed E-state index contributed by atoms with van der Waals surface area (Å²) in [6, 6.07) is 5.52. The van der Waals surface area contributed by atoms with Crippen molar-refractivity contribution in [2.45, 2.75) is 25.2 Å². The lowest BCUT2D eigenvalue weighted by Gasteiger charge is -2.20. The summed E-state index contributed by atoms with van der Waals surface area (Å²) in [5.74, 6) is -0.280. The van der Waals surface area contributed by atoms with Crippen LogP contribution in [0, 0.1) is 11.8 Å². The van der Waals surface area contributed by atoms with Crippen LogP contribution in [0.5, 0.6) is 5.75 Å². The number of rotatable bonds is 2. The molecular weight excluding hydrogens is 297 g/mol. The summed E-state index contributed by atoms with van der Waals surface area (Å²) in [6.45, 7) is 1.06. The molecule has 0 radical (unpaired) electrons. The van der Waals surface area contributed by atoms with Gasteiger partial charge in [-0.15, -0.1) is 13.2 Å². The van der Waals surface area contributed by atoms with Crippen LogP contribution in [0.25, 0.3) is 0 Å². The molecule has 3 atom stereocenters. The van der Waals surface area contributed by atoms with Crippen LogP contribution in [0.3, 0.4) is 0 Å². The standard InChI is InChI=1S/C15H17F3N2O2/c16-15(17,18)22-13-4-2-1-3-10(13)14(21)20-7-9-5-6-12(19)11(9)8-20/h1-4,9,11-12H,5-8,19H2. The first kappa shape index (κ1) is 15.1. The molecule has 1 heterocycles. The molecule has 1 aliphatic carbocycles. The van der Waals surface area contributed by atoms with Gasteiger partial charge in [-0.3, -0.25) is 4.79 Å². The van der Waals surface area contributed by atoms with E-state index < -0.39 is 18.0 Å². The van der Waals surface area contributed by atoms with Crippen molar-refractivity contribution in [3.05, 3.63) is 29.8 Å². The fraction of sp³-hybridized carbons (Fsp3) is 0.533. The Morgan fingerprint density at radius 3 is 2.64 bits per heavy atom. The highest BCUT2D eigenvalue weighted by molar-refractivity contribution is 5.97. The van der Waals surface area contributed by atoms with E-state index >= 15 is 0 Å². The van der Waals surface area contributed by atoms with Gasteiger partial charge in [-0.05, 0) is 36.8 Å². The Kier molecular flexibility index (Phi) is 3.76. The number of hydrogen-bond donors (Lipinski definition) is 1. The molecule has 1 saturated carbocycles. The maximum atomic E-state index is 12.5. The quantitative estimate of drug-likeness (QED) is 0.912. The third-order valence-electron chi connectivity index (χ3n) is 4.54. The highest BCUT2D eigenvalue weighted by atomic mass is 19.4. The molecule has 7 heteroatoms. The predicted molar refractivity (Wildman–Crippen MR) is 73.2 cm³/mol. The van der Waals surface area contributed by atoms with Crippen molar-refractivity contribution in [2.75, 3.05) is 13.1 Å². The molecule has 3 unspecified atom stereocenters. The second-order valence-electron chi connectivity index (χ2n) is 5.92. The maximum Gasteiger partial charge on any atom is 0.573 e. The molecule has 2 N–H and O–H groups in total. The number of ether oxygens (including phenoxy) is 1. The SMILES string of the molecule is NC1CCC2CN(C(=O)c3ccccc3OC(F)(F)F)CC12. The molecule has 0 spiro atoms. The number of nitrogens with zero attached hydrogens (tertiary/aromatic N) is 1. The highest BCUT2D eigenvalue weighted by Gasteiger charge is 2.43. The van der Waals surface area contributed by atoms with Crippen molar-refractivity contribution < 1.29 is 22.7 Å². The largest absolute Gasteiger partial charge is 0.573 e. The fourth-order valence-electron chi connectivity index (χ4n) is 3.50. The Morgan fingerprint density at radius 1 is 1.23 bits per heavy atom. The van der Waals surface area contributed by atoms with Crippen molar-refractivity contribution in [1.29, 1.82) is 0 Å². The van der Waals surface area contributed by atoms with Crippen LogP contribution in [0.15, 0.2) is 24.3 Å². The summed E-state index contributed by atoms with van der Waals surface area (Å²) in [5.41, 5.74) is 5.96. The van der Waals surface area contributed by atoms with Gasteiger partial charge in [0.1, 0.15) is 5.75 Å². The molecule has 1 amide bonds. The van der Waals surface area contributed by atoms with Gasteiger partial charge in [-0.1, -0.05) is 12.1 Å². The fourth-order valence-corrected chi connectivity index (χ4v) is 3.50. The van der Waals surface area contributed by atoms with Crippen molar-refractivity contribution in [1.82, 2.24) is 4.90 Å². The van der Waals surface area contributed by atoms with Crippen LogP contribution in [-0.4, -0.2) is 36.3 Å². The Hall–Kier alpha value is -1.76. The smallest absolute Gasteiger partial charge is 0.405 e. The number of likely N-dealkylation sites (tertiary alicyclic amines) is 1. The van der Waals surface area contributed by atoms with Crippen molar-refractivity contribution >= 4 is 5.91 Å². The molecule has 1 saturated heterocycles. The predicted octanol–water partition coefficient (Wildman–Crippen LogP) is 2.39. The summed E-state index contributed by atoms with van der Waals surface area (Å²) in [4.78, 5) is 14.1. The molecule has 1 aromatic rings. The van der Waals surface area contributed by atoms with Gasteiger partial charge in [0, 0.05) is 19.1 Å². The van der Waals surface area contributed by atoms with E-state index in [1.54, 1.807) is 4.90 Å². The van der Waals surface area contributed by atoms with E-state index in [0.717, 1.165) is 18.9 Å². The minimum absolute atomic E-state index is 0.0617. The molecule has 120 valence electrons. The zero-order valence-electron chi connectivity index (χ0n) is 11.8. The number of carbonyl (C=O) groups excluding carboxylic acids is 1. The molecule has 2 aliphatic rings. The van der Waals surface area contributed by atoms with E-state index in [4.69, 9.17) is 5.73 Å². The number of carbonyl (C=O) groups is 1. The molecule has 22 heavy (non-hydrogen) atoms. The van der Waals surface area contributed by atoms with Gasteiger partial charge in [-0.2, -0.15) is 0 Å². The van der Waals surface area contributed by atoms with Gasteiger partial charge in [0.15, 0.2) is 0 Å². The third kappa shape index (κ3) is 2.90. The number of fused-ring (bicyclic) bond motifs is 1. The molecule has 3 rings (SSSR count). The summed E-state index contributed by atoms with van der Waals surface area (Å²) in [5, 5.41) is 0. The lowest BCUT2D eigenvalue weighted by Crippen LogP contribution is -2.34. The Labute approximate surface area is 126 Å². The van der Waals surface area contributed by atoms with Crippen molar-refractivity contribution in [3.8, 4) is 5.75 Å². The van der Waals surface area contributed by atoms with Gasteiger partial charge >= 0.3 is 6.36 Å². The number of para-hydroxylation sites is 1. The van der Waals surface area contributed by atoms with Crippen LogP contribution >= 0.6 is 0 Å². The Bertz CT molecular complexity index is 576. The highest BCUT2D eigenvalue weighted by Crippen LogP contribution is 2.38. The molecule has 0 aromatic heterocycles. The summed E-state index contributed by atoms with van der Waals surface area (Å²) in [6.07, 6.45) is -2.90. The molecule has 0 bridgehead atoms. The van der Waals surface area contributed by atoms with Crippen LogP contribution in [-0.2, 0) is 0 Å². The number of nitrogens with two attached hydrogens (primary N) is 1. The Morgan fingerprint density at radius 2 is 1.95 bits per heavy atom. The van der Waals surface area contributed by atoms with Crippen molar-refractivity contribution in [3.63, 3.8) is 0 Å². The van der Waals surface area contributed by atoms with Crippen LogP contribution in [0.4, 0.5) is 13.2 Å².